The van der Waals surface area contributed by atoms with Crippen LogP contribution in [0.1, 0.15) is 17.0 Å². The molecule has 3 rings (SSSR count). The Kier molecular flexibility index (Phi) is 4.94. The fourth-order valence-electron chi connectivity index (χ4n) is 2.28. The van der Waals surface area contributed by atoms with Crippen LogP contribution in [0, 0.1) is 6.92 Å². The first-order chi connectivity index (χ1) is 11.1. The average Bonchev–Trinajstić information content (AvgIpc) is 2.89. The molecular formula is C18H16ClNO2S. The minimum absolute atomic E-state index is 0.370. The number of nitrogens with zero attached hydrogens (tertiary/aromatic N) is 1. The molecule has 5 heteroatoms. The summed E-state index contributed by atoms with van der Waals surface area (Å²) in [7, 11) is -1.06. The Morgan fingerprint density at radius 3 is 2.61 bits per heavy atom. The fraction of sp³-hybridized carbons (Fsp3) is 0.167. The largest absolute Gasteiger partial charge is 0.441 e. The van der Waals surface area contributed by atoms with Crippen molar-refractivity contribution in [3.8, 4) is 11.5 Å². The van der Waals surface area contributed by atoms with Gasteiger partial charge in [-0.05, 0) is 36.8 Å². The summed E-state index contributed by atoms with van der Waals surface area (Å²) in [6.07, 6.45) is 0. The quantitative estimate of drug-likeness (QED) is 0.670. The normalized spacial score (nSPS) is 12.3. The molecule has 0 N–H and O–H groups in total. The van der Waals surface area contributed by atoms with Crippen molar-refractivity contribution in [1.29, 1.82) is 0 Å². The number of hydrogen-bond acceptors (Lipinski definition) is 3. The zero-order valence-electron chi connectivity index (χ0n) is 12.7. The Labute approximate surface area is 142 Å². The van der Waals surface area contributed by atoms with Gasteiger partial charge in [-0.2, -0.15) is 0 Å². The molecule has 3 nitrogen and oxygen atoms in total. The molecule has 0 saturated carbocycles. The van der Waals surface area contributed by atoms with Crippen LogP contribution in [0.4, 0.5) is 0 Å². The maximum atomic E-state index is 12.4. The van der Waals surface area contributed by atoms with E-state index in [0.29, 0.717) is 28.2 Å². The molecule has 0 aliphatic carbocycles. The van der Waals surface area contributed by atoms with E-state index in [1.54, 1.807) is 0 Å². The van der Waals surface area contributed by atoms with Gasteiger partial charge in [0.1, 0.15) is 5.76 Å². The minimum atomic E-state index is -1.06. The summed E-state index contributed by atoms with van der Waals surface area (Å²) in [6, 6.07) is 17.1. The van der Waals surface area contributed by atoms with Gasteiger partial charge in [0.05, 0.1) is 11.4 Å². The van der Waals surface area contributed by atoms with Gasteiger partial charge in [0.15, 0.2) is 0 Å². The van der Waals surface area contributed by atoms with Crippen molar-refractivity contribution in [2.45, 2.75) is 18.4 Å². The monoisotopic (exact) mass is 345 g/mol. The molecule has 2 aromatic carbocycles. The van der Waals surface area contributed by atoms with Crippen molar-refractivity contribution >= 4 is 22.4 Å². The van der Waals surface area contributed by atoms with E-state index in [1.807, 2.05) is 61.5 Å². The number of oxazole rings is 1. The van der Waals surface area contributed by atoms with Crippen molar-refractivity contribution < 1.29 is 8.63 Å². The Hall–Kier alpha value is -1.91. The Morgan fingerprint density at radius 2 is 1.87 bits per heavy atom. The molecule has 1 atom stereocenters. The first kappa shape index (κ1) is 16.0. The number of rotatable bonds is 5. The van der Waals surface area contributed by atoms with Crippen molar-refractivity contribution in [2.24, 2.45) is 0 Å². The van der Waals surface area contributed by atoms with Gasteiger partial charge in [0.2, 0.25) is 5.89 Å². The second-order valence-electron chi connectivity index (χ2n) is 5.25. The van der Waals surface area contributed by atoms with Crippen LogP contribution in [-0.2, 0) is 22.3 Å². The lowest BCUT2D eigenvalue weighted by Gasteiger charge is -2.02. The molecule has 1 heterocycles. The highest BCUT2D eigenvalue weighted by Gasteiger charge is 2.14. The minimum Gasteiger partial charge on any atom is -0.441 e. The van der Waals surface area contributed by atoms with Gasteiger partial charge in [-0.1, -0.05) is 41.9 Å². The van der Waals surface area contributed by atoms with Gasteiger partial charge in [0, 0.05) is 27.1 Å². The van der Waals surface area contributed by atoms with Gasteiger partial charge in [-0.25, -0.2) is 4.98 Å². The molecular weight excluding hydrogens is 330 g/mol. The molecule has 0 bridgehead atoms. The van der Waals surface area contributed by atoms with Crippen LogP contribution in [0.2, 0.25) is 5.02 Å². The SMILES string of the molecule is Cc1oc(-c2ccccc2)nc1CS(=O)Cc1cccc(Cl)c1. The van der Waals surface area contributed by atoms with Crippen LogP contribution >= 0.6 is 11.6 Å². The molecule has 118 valence electrons. The second-order valence-corrected chi connectivity index (χ2v) is 7.14. The molecule has 0 spiro atoms. The van der Waals surface area contributed by atoms with Gasteiger partial charge in [0.25, 0.3) is 0 Å². The van der Waals surface area contributed by atoms with E-state index in [1.165, 1.54) is 0 Å². The van der Waals surface area contributed by atoms with Gasteiger partial charge in [-0.3, -0.25) is 4.21 Å². The summed E-state index contributed by atoms with van der Waals surface area (Å²) in [5.74, 6) is 2.10. The summed E-state index contributed by atoms with van der Waals surface area (Å²) in [5, 5.41) is 0.656. The average molecular weight is 346 g/mol. The zero-order valence-corrected chi connectivity index (χ0v) is 14.2. The van der Waals surface area contributed by atoms with E-state index in [9.17, 15) is 4.21 Å². The van der Waals surface area contributed by atoms with Crippen molar-refractivity contribution in [3.63, 3.8) is 0 Å². The van der Waals surface area contributed by atoms with Crippen LogP contribution in [0.3, 0.4) is 0 Å². The molecule has 0 radical (unpaired) electrons. The standard InChI is InChI=1S/C18H16ClNO2S/c1-13-17(20-18(22-13)15-7-3-2-4-8-15)12-23(21)11-14-6-5-9-16(19)10-14/h2-10H,11-12H2,1H3. The van der Waals surface area contributed by atoms with Gasteiger partial charge < -0.3 is 4.42 Å². The summed E-state index contributed by atoms with van der Waals surface area (Å²) < 4.78 is 18.1. The number of aromatic nitrogens is 1. The Balaban J connectivity index is 1.73. The van der Waals surface area contributed by atoms with E-state index in [2.05, 4.69) is 4.98 Å². The third kappa shape index (κ3) is 4.09. The summed E-state index contributed by atoms with van der Waals surface area (Å²) in [5.41, 5.74) is 2.62. The molecule has 0 saturated heterocycles. The number of hydrogen-bond donors (Lipinski definition) is 0. The lowest BCUT2D eigenvalue weighted by molar-refractivity contribution is 0.540. The molecule has 3 aromatic rings. The van der Waals surface area contributed by atoms with Crippen LogP contribution in [-0.4, -0.2) is 9.19 Å². The van der Waals surface area contributed by atoms with Gasteiger partial charge in [-0.15, -0.1) is 0 Å². The predicted molar refractivity (Wildman–Crippen MR) is 93.7 cm³/mol. The smallest absolute Gasteiger partial charge is 0.226 e. The van der Waals surface area contributed by atoms with Crippen LogP contribution in [0.15, 0.2) is 59.0 Å². The highest BCUT2D eigenvalue weighted by Crippen LogP contribution is 2.23. The highest BCUT2D eigenvalue weighted by atomic mass is 35.5. The highest BCUT2D eigenvalue weighted by molar-refractivity contribution is 7.83. The molecule has 23 heavy (non-hydrogen) atoms. The summed E-state index contributed by atoms with van der Waals surface area (Å²) in [6.45, 7) is 1.85. The number of benzene rings is 2. The third-order valence-electron chi connectivity index (χ3n) is 3.43. The maximum Gasteiger partial charge on any atom is 0.226 e. The lowest BCUT2D eigenvalue weighted by Crippen LogP contribution is -2.01. The maximum absolute atomic E-state index is 12.4. The number of aryl methyl sites for hydroxylation is 1. The van der Waals surface area contributed by atoms with E-state index in [-0.39, 0.29) is 0 Å². The molecule has 0 amide bonds. The van der Waals surface area contributed by atoms with Gasteiger partial charge >= 0.3 is 0 Å². The lowest BCUT2D eigenvalue weighted by atomic mass is 10.2. The van der Waals surface area contributed by atoms with Crippen molar-refractivity contribution in [3.05, 3.63) is 76.6 Å². The first-order valence-electron chi connectivity index (χ1n) is 7.23. The Morgan fingerprint density at radius 1 is 1.09 bits per heavy atom. The van der Waals surface area contributed by atoms with Crippen LogP contribution in [0.25, 0.3) is 11.5 Å². The van der Waals surface area contributed by atoms with Crippen LogP contribution < -0.4 is 0 Å². The van der Waals surface area contributed by atoms with Crippen molar-refractivity contribution in [1.82, 2.24) is 4.98 Å². The summed E-state index contributed by atoms with van der Waals surface area (Å²) >= 11 is 5.96. The number of halogens is 1. The van der Waals surface area contributed by atoms with E-state index < -0.39 is 10.8 Å². The topological polar surface area (TPSA) is 43.1 Å². The van der Waals surface area contributed by atoms with Crippen LogP contribution in [0.5, 0.6) is 0 Å². The molecule has 1 aromatic heterocycles. The Bertz CT molecular complexity index is 830. The fourth-order valence-corrected chi connectivity index (χ4v) is 3.72. The molecule has 0 fully saturated rings. The second kappa shape index (κ2) is 7.11. The van der Waals surface area contributed by atoms with Crippen molar-refractivity contribution in [2.75, 3.05) is 0 Å². The molecule has 0 aliphatic rings. The van der Waals surface area contributed by atoms with E-state index in [4.69, 9.17) is 16.0 Å². The third-order valence-corrected chi connectivity index (χ3v) is 4.91. The molecule has 0 aliphatic heterocycles. The zero-order chi connectivity index (χ0) is 16.2. The molecule has 1 unspecified atom stereocenters. The predicted octanol–water partition coefficient (Wildman–Crippen LogP) is 4.75. The first-order valence-corrected chi connectivity index (χ1v) is 9.09. The van der Waals surface area contributed by atoms with E-state index >= 15 is 0 Å². The van der Waals surface area contributed by atoms with E-state index in [0.717, 1.165) is 16.8 Å². The summed E-state index contributed by atoms with van der Waals surface area (Å²) in [4.78, 5) is 4.49.